The van der Waals surface area contributed by atoms with Gasteiger partial charge in [0.05, 0.1) is 33.4 Å². The third kappa shape index (κ3) is 4.25. The van der Waals surface area contributed by atoms with Crippen molar-refractivity contribution < 1.29 is 9.47 Å². The van der Waals surface area contributed by atoms with E-state index in [0.29, 0.717) is 30.4 Å². The Morgan fingerprint density at radius 1 is 1.22 bits per heavy atom. The summed E-state index contributed by atoms with van der Waals surface area (Å²) in [4.78, 5) is 7.78. The molecular weight excluding hydrogens is 453 g/mol. The van der Waals surface area contributed by atoms with E-state index in [1.54, 1.807) is 0 Å². The number of allylic oxidation sites excluding steroid dienone is 1. The van der Waals surface area contributed by atoms with Gasteiger partial charge in [-0.3, -0.25) is 0 Å². The summed E-state index contributed by atoms with van der Waals surface area (Å²) < 4.78 is 12.4. The molecule has 3 aromatic rings. The zero-order valence-corrected chi connectivity index (χ0v) is 17.6. The Balaban J connectivity index is 2.05. The second-order valence-electron chi connectivity index (χ2n) is 5.97. The molecule has 0 amide bonds. The van der Waals surface area contributed by atoms with Crippen LogP contribution in [0.25, 0.3) is 22.7 Å². The highest BCUT2D eigenvalue weighted by atomic mass is 127. The standard InChI is InChI=1S/C21H20IN3O2/c1-4-26-19-11-14(10-16(22)20(19)27-5-2)9-15(12-23)21-24-17-7-6-13(3)8-18(17)25-21/h6-11H,4-5H2,1-3H3,(H,24,25)/b15-9-. The number of halogens is 1. The minimum atomic E-state index is 0.464. The number of aromatic nitrogens is 2. The third-order valence-corrected chi connectivity index (χ3v) is 4.75. The summed E-state index contributed by atoms with van der Waals surface area (Å²) in [6.45, 7) is 7.00. The molecule has 2 aromatic carbocycles. The molecule has 0 spiro atoms. The summed E-state index contributed by atoms with van der Waals surface area (Å²) in [6.07, 6.45) is 1.81. The maximum atomic E-state index is 9.67. The molecule has 0 saturated carbocycles. The first-order valence-corrected chi connectivity index (χ1v) is 9.81. The van der Waals surface area contributed by atoms with Crippen molar-refractivity contribution in [2.45, 2.75) is 20.8 Å². The first-order chi connectivity index (χ1) is 13.0. The van der Waals surface area contributed by atoms with Crippen LogP contribution in [-0.2, 0) is 0 Å². The van der Waals surface area contributed by atoms with Gasteiger partial charge in [-0.2, -0.15) is 5.26 Å². The number of aromatic amines is 1. The van der Waals surface area contributed by atoms with Crippen LogP contribution in [-0.4, -0.2) is 23.2 Å². The number of imidazole rings is 1. The van der Waals surface area contributed by atoms with Crippen LogP contribution >= 0.6 is 22.6 Å². The van der Waals surface area contributed by atoms with E-state index in [4.69, 9.17) is 9.47 Å². The van der Waals surface area contributed by atoms with Gasteiger partial charge in [0.15, 0.2) is 11.5 Å². The van der Waals surface area contributed by atoms with E-state index in [1.807, 2.05) is 57.2 Å². The van der Waals surface area contributed by atoms with Gasteiger partial charge in [0, 0.05) is 0 Å². The Bertz CT molecular complexity index is 1050. The molecule has 0 aliphatic rings. The van der Waals surface area contributed by atoms with Crippen molar-refractivity contribution in [3.8, 4) is 17.6 Å². The van der Waals surface area contributed by atoms with Gasteiger partial charge in [-0.1, -0.05) is 6.07 Å². The van der Waals surface area contributed by atoms with Gasteiger partial charge >= 0.3 is 0 Å². The van der Waals surface area contributed by atoms with Crippen molar-refractivity contribution in [3.05, 3.63) is 50.9 Å². The summed E-state index contributed by atoms with van der Waals surface area (Å²) in [7, 11) is 0. The van der Waals surface area contributed by atoms with Crippen molar-refractivity contribution in [2.75, 3.05) is 13.2 Å². The highest BCUT2D eigenvalue weighted by Crippen LogP contribution is 2.35. The number of H-pyrrole nitrogens is 1. The summed E-state index contributed by atoms with van der Waals surface area (Å²) in [6, 6.07) is 12.1. The molecular formula is C21H20IN3O2. The molecule has 5 nitrogen and oxygen atoms in total. The summed E-state index contributed by atoms with van der Waals surface area (Å²) in [5.74, 6) is 1.96. The van der Waals surface area contributed by atoms with Crippen LogP contribution < -0.4 is 9.47 Å². The molecule has 3 rings (SSSR count). The molecule has 27 heavy (non-hydrogen) atoms. The Labute approximate surface area is 172 Å². The van der Waals surface area contributed by atoms with Crippen LogP contribution in [0.2, 0.25) is 0 Å². The SMILES string of the molecule is CCOc1cc(/C=C(/C#N)c2nc3ccc(C)cc3[nH]2)cc(I)c1OCC. The average molecular weight is 473 g/mol. The number of nitriles is 1. The zero-order valence-electron chi connectivity index (χ0n) is 15.5. The van der Waals surface area contributed by atoms with Crippen molar-refractivity contribution in [2.24, 2.45) is 0 Å². The number of nitrogens with zero attached hydrogens (tertiary/aromatic N) is 2. The second-order valence-corrected chi connectivity index (χ2v) is 7.13. The van der Waals surface area contributed by atoms with E-state index in [1.165, 1.54) is 0 Å². The number of hydrogen-bond acceptors (Lipinski definition) is 4. The molecule has 0 fully saturated rings. The molecule has 0 unspecified atom stereocenters. The van der Waals surface area contributed by atoms with Crippen molar-refractivity contribution in [3.63, 3.8) is 0 Å². The van der Waals surface area contributed by atoms with Crippen LogP contribution in [0.5, 0.6) is 11.5 Å². The zero-order chi connectivity index (χ0) is 19.4. The number of benzene rings is 2. The Kier molecular flexibility index (Phi) is 6.01. The van der Waals surface area contributed by atoms with Crippen molar-refractivity contribution in [1.29, 1.82) is 5.26 Å². The average Bonchev–Trinajstić information content (AvgIpc) is 3.05. The summed E-state index contributed by atoms with van der Waals surface area (Å²) in [5.41, 5.74) is 4.23. The fraction of sp³-hybridized carbons (Fsp3) is 0.238. The van der Waals surface area contributed by atoms with E-state index >= 15 is 0 Å². The van der Waals surface area contributed by atoms with Crippen molar-refractivity contribution >= 4 is 45.3 Å². The predicted octanol–water partition coefficient (Wildman–Crippen LogP) is 5.34. The van der Waals surface area contributed by atoms with E-state index in [0.717, 1.165) is 31.5 Å². The fourth-order valence-corrected chi connectivity index (χ4v) is 3.57. The first-order valence-electron chi connectivity index (χ1n) is 8.73. The van der Waals surface area contributed by atoms with Crippen LogP contribution in [0.15, 0.2) is 30.3 Å². The second kappa shape index (κ2) is 8.44. The molecule has 0 saturated heterocycles. The van der Waals surface area contributed by atoms with Crippen LogP contribution in [0.4, 0.5) is 0 Å². The number of nitrogens with one attached hydrogen (secondary N) is 1. The van der Waals surface area contributed by atoms with E-state index in [2.05, 4.69) is 38.6 Å². The first kappa shape index (κ1) is 19.2. The lowest BCUT2D eigenvalue weighted by Gasteiger charge is -2.13. The number of hydrogen-bond donors (Lipinski definition) is 1. The normalized spacial score (nSPS) is 11.4. The molecule has 6 heteroatoms. The van der Waals surface area contributed by atoms with Gasteiger partial charge in [0.25, 0.3) is 0 Å². The maximum Gasteiger partial charge on any atom is 0.174 e. The van der Waals surface area contributed by atoms with Gasteiger partial charge in [0.1, 0.15) is 11.9 Å². The van der Waals surface area contributed by atoms with Gasteiger partial charge in [-0.05, 0) is 84.8 Å². The Hall–Kier alpha value is -2.53. The Morgan fingerprint density at radius 2 is 2.00 bits per heavy atom. The number of ether oxygens (including phenoxy) is 2. The lowest BCUT2D eigenvalue weighted by Crippen LogP contribution is -2.01. The van der Waals surface area contributed by atoms with Gasteiger partial charge in [0.2, 0.25) is 0 Å². The lowest BCUT2D eigenvalue weighted by molar-refractivity contribution is 0.286. The Morgan fingerprint density at radius 3 is 2.70 bits per heavy atom. The monoisotopic (exact) mass is 473 g/mol. The highest BCUT2D eigenvalue weighted by Gasteiger charge is 2.13. The van der Waals surface area contributed by atoms with E-state index in [9.17, 15) is 5.26 Å². The van der Waals surface area contributed by atoms with Gasteiger partial charge < -0.3 is 14.5 Å². The lowest BCUT2D eigenvalue weighted by atomic mass is 10.1. The van der Waals surface area contributed by atoms with Gasteiger partial charge in [-0.25, -0.2) is 4.98 Å². The highest BCUT2D eigenvalue weighted by molar-refractivity contribution is 14.1. The molecule has 1 aromatic heterocycles. The molecule has 138 valence electrons. The van der Waals surface area contributed by atoms with E-state index < -0.39 is 0 Å². The minimum Gasteiger partial charge on any atom is -0.490 e. The minimum absolute atomic E-state index is 0.464. The molecule has 0 bridgehead atoms. The maximum absolute atomic E-state index is 9.67. The number of aryl methyl sites for hydroxylation is 1. The molecule has 0 radical (unpaired) electrons. The summed E-state index contributed by atoms with van der Waals surface area (Å²) in [5, 5.41) is 9.67. The number of rotatable bonds is 6. The van der Waals surface area contributed by atoms with Crippen molar-refractivity contribution in [1.82, 2.24) is 9.97 Å². The van der Waals surface area contributed by atoms with Crippen LogP contribution in [0.3, 0.4) is 0 Å². The van der Waals surface area contributed by atoms with E-state index in [-0.39, 0.29) is 0 Å². The largest absolute Gasteiger partial charge is 0.490 e. The topological polar surface area (TPSA) is 70.9 Å². The molecule has 0 atom stereocenters. The molecule has 0 aliphatic heterocycles. The molecule has 1 heterocycles. The quantitative estimate of drug-likeness (QED) is 0.388. The van der Waals surface area contributed by atoms with Crippen LogP contribution in [0, 0.1) is 21.8 Å². The number of fused-ring (bicyclic) bond motifs is 1. The predicted molar refractivity (Wildman–Crippen MR) is 116 cm³/mol. The smallest absolute Gasteiger partial charge is 0.174 e. The molecule has 0 aliphatic carbocycles. The third-order valence-electron chi connectivity index (χ3n) is 3.94. The fourth-order valence-electron chi connectivity index (χ4n) is 2.79. The summed E-state index contributed by atoms with van der Waals surface area (Å²) >= 11 is 2.22. The molecule has 1 N–H and O–H groups in total. The van der Waals surface area contributed by atoms with Crippen LogP contribution in [0.1, 0.15) is 30.8 Å². The van der Waals surface area contributed by atoms with Gasteiger partial charge in [-0.15, -0.1) is 0 Å².